The predicted octanol–water partition coefficient (Wildman–Crippen LogP) is 1.39. The summed E-state index contributed by atoms with van der Waals surface area (Å²) in [6.07, 6.45) is 4.67. The van der Waals surface area contributed by atoms with Crippen LogP contribution in [0, 0.1) is 5.82 Å². The molecule has 2 rings (SSSR count). The molecule has 7 heteroatoms. The summed E-state index contributed by atoms with van der Waals surface area (Å²) in [6, 6.07) is 0. The topological polar surface area (TPSA) is 67.7 Å². The van der Waals surface area contributed by atoms with Gasteiger partial charge in [0.2, 0.25) is 5.95 Å². The third-order valence-corrected chi connectivity index (χ3v) is 2.41. The lowest BCUT2D eigenvalue weighted by Crippen LogP contribution is -2.10. The SMILES string of the molecule is CCNc1ncc(F)c(NCc2nccn2C)n1. The number of halogens is 1. The molecular weight excluding hydrogens is 235 g/mol. The molecule has 0 radical (unpaired) electrons. The van der Waals surface area contributed by atoms with E-state index in [0.29, 0.717) is 19.0 Å². The normalized spacial score (nSPS) is 10.4. The summed E-state index contributed by atoms with van der Waals surface area (Å²) in [5, 5.41) is 5.84. The maximum Gasteiger partial charge on any atom is 0.224 e. The number of hydrogen-bond donors (Lipinski definition) is 2. The van der Waals surface area contributed by atoms with E-state index in [0.717, 1.165) is 12.0 Å². The average Bonchev–Trinajstić information content (AvgIpc) is 2.76. The van der Waals surface area contributed by atoms with E-state index < -0.39 is 5.82 Å². The van der Waals surface area contributed by atoms with Crippen LogP contribution in [0.2, 0.25) is 0 Å². The molecule has 0 saturated heterocycles. The third-order valence-electron chi connectivity index (χ3n) is 2.41. The van der Waals surface area contributed by atoms with Crippen LogP contribution in [0.25, 0.3) is 0 Å². The third kappa shape index (κ3) is 2.73. The molecule has 0 fully saturated rings. The first-order chi connectivity index (χ1) is 8.70. The summed E-state index contributed by atoms with van der Waals surface area (Å²) < 4.78 is 15.4. The Balaban J connectivity index is 2.08. The lowest BCUT2D eigenvalue weighted by atomic mass is 10.5. The summed E-state index contributed by atoms with van der Waals surface area (Å²) in [6.45, 7) is 3.02. The van der Waals surface area contributed by atoms with E-state index in [1.807, 2.05) is 24.7 Å². The van der Waals surface area contributed by atoms with Crippen LogP contribution in [-0.4, -0.2) is 26.1 Å². The largest absolute Gasteiger partial charge is 0.360 e. The second-order valence-corrected chi connectivity index (χ2v) is 3.73. The fraction of sp³-hybridized carbons (Fsp3) is 0.364. The quantitative estimate of drug-likeness (QED) is 0.839. The Labute approximate surface area is 104 Å². The monoisotopic (exact) mass is 250 g/mol. The minimum atomic E-state index is -0.481. The van der Waals surface area contributed by atoms with Crippen molar-refractivity contribution in [2.75, 3.05) is 17.2 Å². The zero-order valence-corrected chi connectivity index (χ0v) is 10.3. The average molecular weight is 250 g/mol. The predicted molar refractivity (Wildman–Crippen MR) is 66.7 cm³/mol. The van der Waals surface area contributed by atoms with Crippen molar-refractivity contribution in [2.24, 2.45) is 7.05 Å². The second-order valence-electron chi connectivity index (χ2n) is 3.73. The lowest BCUT2D eigenvalue weighted by molar-refractivity contribution is 0.616. The highest BCUT2D eigenvalue weighted by Crippen LogP contribution is 2.12. The Morgan fingerprint density at radius 3 is 2.83 bits per heavy atom. The van der Waals surface area contributed by atoms with Gasteiger partial charge in [-0.05, 0) is 6.92 Å². The van der Waals surface area contributed by atoms with E-state index >= 15 is 0 Å². The summed E-state index contributed by atoms with van der Waals surface area (Å²) in [5.74, 6) is 0.897. The van der Waals surface area contributed by atoms with Gasteiger partial charge >= 0.3 is 0 Å². The van der Waals surface area contributed by atoms with Gasteiger partial charge in [0.15, 0.2) is 11.6 Å². The Bertz CT molecular complexity index is 524. The molecule has 96 valence electrons. The van der Waals surface area contributed by atoms with Gasteiger partial charge in [0, 0.05) is 26.0 Å². The van der Waals surface area contributed by atoms with Crippen LogP contribution in [0.5, 0.6) is 0 Å². The van der Waals surface area contributed by atoms with Crippen molar-refractivity contribution >= 4 is 11.8 Å². The lowest BCUT2D eigenvalue weighted by Gasteiger charge is -2.08. The van der Waals surface area contributed by atoms with Gasteiger partial charge in [0.25, 0.3) is 0 Å². The molecule has 0 atom stereocenters. The van der Waals surface area contributed by atoms with Crippen molar-refractivity contribution < 1.29 is 4.39 Å². The van der Waals surface area contributed by atoms with Crippen LogP contribution in [-0.2, 0) is 13.6 Å². The molecule has 0 aliphatic carbocycles. The fourth-order valence-corrected chi connectivity index (χ4v) is 1.46. The number of rotatable bonds is 5. The van der Waals surface area contributed by atoms with Gasteiger partial charge in [-0.1, -0.05) is 0 Å². The molecule has 0 amide bonds. The molecule has 0 aromatic carbocycles. The van der Waals surface area contributed by atoms with E-state index in [2.05, 4.69) is 25.6 Å². The number of aromatic nitrogens is 4. The van der Waals surface area contributed by atoms with Gasteiger partial charge in [-0.15, -0.1) is 0 Å². The van der Waals surface area contributed by atoms with E-state index in [9.17, 15) is 4.39 Å². The minimum Gasteiger partial charge on any atom is -0.360 e. The van der Waals surface area contributed by atoms with Gasteiger partial charge in [-0.3, -0.25) is 0 Å². The van der Waals surface area contributed by atoms with Crippen LogP contribution in [0.15, 0.2) is 18.6 Å². The molecule has 0 bridgehead atoms. The van der Waals surface area contributed by atoms with Crippen LogP contribution >= 0.6 is 0 Å². The van der Waals surface area contributed by atoms with Crippen molar-refractivity contribution in [1.29, 1.82) is 0 Å². The minimum absolute atomic E-state index is 0.170. The molecular formula is C11H15FN6. The number of aryl methyl sites for hydroxylation is 1. The van der Waals surface area contributed by atoms with Crippen LogP contribution in [0.3, 0.4) is 0 Å². The summed E-state index contributed by atoms with van der Waals surface area (Å²) in [7, 11) is 1.88. The Hall–Kier alpha value is -2.18. The van der Waals surface area contributed by atoms with Crippen LogP contribution < -0.4 is 10.6 Å². The smallest absolute Gasteiger partial charge is 0.224 e. The van der Waals surface area contributed by atoms with Gasteiger partial charge in [0.1, 0.15) is 5.82 Å². The molecule has 0 aliphatic heterocycles. The molecule has 0 aliphatic rings. The first-order valence-electron chi connectivity index (χ1n) is 5.67. The van der Waals surface area contributed by atoms with Crippen molar-refractivity contribution in [3.05, 3.63) is 30.2 Å². The zero-order chi connectivity index (χ0) is 13.0. The van der Waals surface area contributed by atoms with E-state index in [1.165, 1.54) is 0 Å². The van der Waals surface area contributed by atoms with Crippen molar-refractivity contribution in [1.82, 2.24) is 19.5 Å². The van der Waals surface area contributed by atoms with Gasteiger partial charge in [-0.2, -0.15) is 4.98 Å². The highest BCUT2D eigenvalue weighted by atomic mass is 19.1. The van der Waals surface area contributed by atoms with Crippen LogP contribution in [0.1, 0.15) is 12.7 Å². The number of nitrogens with one attached hydrogen (secondary N) is 2. The Morgan fingerprint density at radius 1 is 1.33 bits per heavy atom. The van der Waals surface area contributed by atoms with Gasteiger partial charge in [0.05, 0.1) is 12.7 Å². The Morgan fingerprint density at radius 2 is 2.17 bits per heavy atom. The highest BCUT2D eigenvalue weighted by Gasteiger charge is 2.07. The first-order valence-corrected chi connectivity index (χ1v) is 5.67. The summed E-state index contributed by atoms with van der Waals surface area (Å²) >= 11 is 0. The van der Waals surface area contributed by atoms with Crippen LogP contribution in [0.4, 0.5) is 16.2 Å². The highest BCUT2D eigenvalue weighted by molar-refractivity contribution is 5.41. The number of nitrogens with zero attached hydrogens (tertiary/aromatic N) is 4. The zero-order valence-electron chi connectivity index (χ0n) is 10.3. The molecule has 2 heterocycles. The van der Waals surface area contributed by atoms with Crippen molar-refractivity contribution in [3.63, 3.8) is 0 Å². The molecule has 0 spiro atoms. The molecule has 0 unspecified atom stereocenters. The molecule has 6 nitrogen and oxygen atoms in total. The molecule has 2 aromatic rings. The van der Waals surface area contributed by atoms with Gasteiger partial charge in [-0.25, -0.2) is 14.4 Å². The number of hydrogen-bond acceptors (Lipinski definition) is 5. The van der Waals surface area contributed by atoms with E-state index in [-0.39, 0.29) is 5.82 Å². The van der Waals surface area contributed by atoms with Crippen molar-refractivity contribution in [3.8, 4) is 0 Å². The molecule has 18 heavy (non-hydrogen) atoms. The maximum absolute atomic E-state index is 13.5. The molecule has 0 saturated carbocycles. The standard InChI is InChI=1S/C11H15FN6/c1-3-13-11-16-6-8(12)10(17-11)15-7-9-14-4-5-18(9)2/h4-6H,3,7H2,1-2H3,(H2,13,15,16,17). The maximum atomic E-state index is 13.5. The number of imidazole rings is 1. The molecule has 2 aromatic heterocycles. The van der Waals surface area contributed by atoms with Gasteiger partial charge < -0.3 is 15.2 Å². The second kappa shape index (κ2) is 5.44. The number of anilines is 2. The van der Waals surface area contributed by atoms with E-state index in [1.54, 1.807) is 6.20 Å². The van der Waals surface area contributed by atoms with Crippen molar-refractivity contribution in [2.45, 2.75) is 13.5 Å². The fourth-order valence-electron chi connectivity index (χ4n) is 1.46. The van der Waals surface area contributed by atoms with E-state index in [4.69, 9.17) is 0 Å². The Kier molecular flexibility index (Phi) is 3.71. The first kappa shape index (κ1) is 12.3. The summed E-state index contributed by atoms with van der Waals surface area (Å²) in [4.78, 5) is 12.0. The molecule has 2 N–H and O–H groups in total. The summed E-state index contributed by atoms with van der Waals surface area (Å²) in [5.41, 5.74) is 0.